The van der Waals surface area contributed by atoms with Crippen molar-refractivity contribution in [2.45, 2.75) is 12.6 Å². The molecule has 2 aromatic heterocycles. The lowest BCUT2D eigenvalue weighted by Crippen LogP contribution is -2.22. The van der Waals surface area contributed by atoms with E-state index >= 15 is 0 Å². The van der Waals surface area contributed by atoms with Crippen molar-refractivity contribution in [1.29, 1.82) is 0 Å². The van der Waals surface area contributed by atoms with Crippen molar-refractivity contribution in [1.82, 2.24) is 14.8 Å². The largest absolute Gasteiger partial charge is 0.457 e. The zero-order chi connectivity index (χ0) is 18.8. The first-order valence-electron chi connectivity index (χ1n) is 8.18. The Labute approximate surface area is 155 Å². The minimum absolute atomic E-state index is 0.124. The molecule has 0 fully saturated rings. The number of rotatable bonds is 5. The summed E-state index contributed by atoms with van der Waals surface area (Å²) in [7, 11) is 1.92. The summed E-state index contributed by atoms with van der Waals surface area (Å²) in [6, 6.07) is 17.2. The highest BCUT2D eigenvalue weighted by molar-refractivity contribution is 7.16. The molecule has 2 aromatic carbocycles. The Bertz CT molecular complexity index is 1110. The monoisotopic (exact) mass is 383 g/mol. The Balaban J connectivity index is 1.62. The summed E-state index contributed by atoms with van der Waals surface area (Å²) in [4.78, 5) is 16.5. The summed E-state index contributed by atoms with van der Waals surface area (Å²) in [6.45, 7) is 0.124. The second-order valence-corrected chi connectivity index (χ2v) is 6.31. The smallest absolute Gasteiger partial charge is 0.267 e. The minimum Gasteiger partial charge on any atom is -0.457 e. The molecule has 2 atom stereocenters. The Morgan fingerprint density at radius 3 is 2.63 bits per heavy atom. The quantitative estimate of drug-likeness (QED) is 0.493. The number of fused-ring (bicyclic) bond motifs is 1. The van der Waals surface area contributed by atoms with Gasteiger partial charge in [-0.2, -0.15) is 9.49 Å². The van der Waals surface area contributed by atoms with E-state index in [1.165, 1.54) is 10.7 Å². The molecule has 6 nitrogen and oxygen atoms in total. The number of alkyl halides is 1. The van der Waals surface area contributed by atoms with Gasteiger partial charge in [-0.15, -0.1) is 0 Å². The normalized spacial score (nSPS) is 12.2. The first kappa shape index (κ1) is 17.4. The average Bonchev–Trinajstić information content (AvgIpc) is 3.06. The molecule has 2 heterocycles. The number of hydrogen-bond donors (Lipinski definition) is 0. The molecule has 0 radical (unpaired) electrons. The molecule has 136 valence electrons. The van der Waals surface area contributed by atoms with Gasteiger partial charge in [0.1, 0.15) is 17.8 Å². The van der Waals surface area contributed by atoms with Crippen LogP contribution in [-0.2, 0) is 6.54 Å². The zero-order valence-corrected chi connectivity index (χ0v) is 15.2. The van der Waals surface area contributed by atoms with Gasteiger partial charge in [0, 0.05) is 11.6 Å². The fraction of sp³-hybridized carbons (Fsp3) is 0.105. The Morgan fingerprint density at radius 2 is 1.89 bits per heavy atom. The van der Waals surface area contributed by atoms with Crippen LogP contribution >= 0.6 is 9.24 Å². The maximum atomic E-state index is 12.9. The topological polar surface area (TPSA) is 70.2 Å². The van der Waals surface area contributed by atoms with Gasteiger partial charge in [-0.05, 0) is 42.5 Å². The summed E-state index contributed by atoms with van der Waals surface area (Å²) in [5, 5.41) is 4.38. The lowest BCUT2D eigenvalue weighted by molar-refractivity contribution is 0.153. The Kier molecular flexibility index (Phi) is 4.69. The van der Waals surface area contributed by atoms with Crippen molar-refractivity contribution in [3.8, 4) is 17.0 Å². The fourth-order valence-corrected chi connectivity index (χ4v) is 2.82. The third-order valence-corrected chi connectivity index (χ3v) is 4.02. The molecule has 4 rings (SSSR count). The van der Waals surface area contributed by atoms with Crippen LogP contribution in [0, 0.1) is 0 Å². The highest BCUT2D eigenvalue weighted by Crippen LogP contribution is 2.22. The minimum atomic E-state index is -1.47. The van der Waals surface area contributed by atoms with Crippen LogP contribution in [0.1, 0.15) is 5.89 Å². The van der Waals surface area contributed by atoms with E-state index in [4.69, 9.17) is 9.15 Å². The molecular weight excluding hydrogens is 368 g/mol. The Morgan fingerprint density at radius 1 is 1.11 bits per heavy atom. The predicted molar refractivity (Wildman–Crippen MR) is 102 cm³/mol. The van der Waals surface area contributed by atoms with Crippen molar-refractivity contribution in [2.24, 2.45) is 0 Å². The van der Waals surface area contributed by atoms with E-state index in [1.54, 1.807) is 30.3 Å². The molecule has 2 unspecified atom stereocenters. The summed E-state index contributed by atoms with van der Waals surface area (Å²) in [6.07, 6.45) is -1.47. The van der Waals surface area contributed by atoms with Crippen molar-refractivity contribution < 1.29 is 13.5 Å². The number of halogens is 1. The summed E-state index contributed by atoms with van der Waals surface area (Å²) < 4.78 is 24.8. The van der Waals surface area contributed by atoms with Gasteiger partial charge in [0.2, 0.25) is 12.0 Å². The van der Waals surface area contributed by atoms with E-state index in [2.05, 4.69) is 10.1 Å². The van der Waals surface area contributed by atoms with Crippen LogP contribution in [0.3, 0.4) is 0 Å². The number of oxazole rings is 1. The van der Waals surface area contributed by atoms with Gasteiger partial charge in [-0.3, -0.25) is 4.79 Å². The highest BCUT2D eigenvalue weighted by Gasteiger charge is 2.10. The highest BCUT2D eigenvalue weighted by atomic mass is 31.0. The maximum Gasteiger partial charge on any atom is 0.267 e. The van der Waals surface area contributed by atoms with Crippen LogP contribution in [0.25, 0.3) is 22.4 Å². The lowest BCUT2D eigenvalue weighted by atomic mass is 10.1. The molecule has 0 saturated heterocycles. The number of aromatic nitrogens is 3. The second-order valence-electron chi connectivity index (χ2n) is 5.78. The van der Waals surface area contributed by atoms with E-state index in [0.717, 1.165) is 11.1 Å². The Hall–Kier alpha value is -3.05. The van der Waals surface area contributed by atoms with Crippen molar-refractivity contribution in [3.63, 3.8) is 0 Å². The first-order chi connectivity index (χ1) is 13.1. The van der Waals surface area contributed by atoms with Crippen LogP contribution in [0.5, 0.6) is 5.75 Å². The zero-order valence-electron chi connectivity index (χ0n) is 14.1. The van der Waals surface area contributed by atoms with Gasteiger partial charge in [-0.25, -0.2) is 9.67 Å². The number of hydrogen-bond acceptors (Lipinski definition) is 5. The van der Waals surface area contributed by atoms with Gasteiger partial charge in [0.15, 0.2) is 5.58 Å². The molecule has 0 amide bonds. The van der Waals surface area contributed by atoms with E-state index in [-0.39, 0.29) is 12.1 Å². The van der Waals surface area contributed by atoms with Crippen molar-refractivity contribution >= 4 is 20.3 Å². The number of nitrogens with zero attached hydrogens (tertiary/aromatic N) is 3. The number of benzene rings is 2. The molecule has 0 bridgehead atoms. The second kappa shape index (κ2) is 7.29. The summed E-state index contributed by atoms with van der Waals surface area (Å²) in [5.41, 5.74) is 2.50. The van der Waals surface area contributed by atoms with Crippen LogP contribution in [0.4, 0.5) is 4.39 Å². The third-order valence-electron chi connectivity index (χ3n) is 3.89. The molecule has 8 heteroatoms. The molecule has 0 aliphatic heterocycles. The van der Waals surface area contributed by atoms with Crippen LogP contribution in [-0.4, -0.2) is 20.9 Å². The number of ether oxygens (including phenoxy) is 1. The lowest BCUT2D eigenvalue weighted by Gasteiger charge is -2.08. The van der Waals surface area contributed by atoms with E-state index < -0.39 is 6.10 Å². The van der Waals surface area contributed by atoms with Crippen molar-refractivity contribution in [2.75, 3.05) is 0 Å². The molecular formula is C19H15FN3O3P. The van der Waals surface area contributed by atoms with E-state index in [0.29, 0.717) is 22.9 Å². The van der Waals surface area contributed by atoms with Gasteiger partial charge < -0.3 is 9.15 Å². The fourth-order valence-electron chi connectivity index (χ4n) is 2.67. The molecule has 27 heavy (non-hydrogen) atoms. The van der Waals surface area contributed by atoms with Crippen LogP contribution < -0.4 is 10.3 Å². The third kappa shape index (κ3) is 3.88. The van der Waals surface area contributed by atoms with Gasteiger partial charge >= 0.3 is 0 Å². The van der Waals surface area contributed by atoms with Crippen molar-refractivity contribution in [3.05, 3.63) is 76.9 Å². The van der Waals surface area contributed by atoms with Gasteiger partial charge in [0.05, 0.1) is 5.69 Å². The average molecular weight is 383 g/mol. The molecule has 0 saturated carbocycles. The summed E-state index contributed by atoms with van der Waals surface area (Å²) >= 11 is 0. The van der Waals surface area contributed by atoms with Gasteiger partial charge in [0.25, 0.3) is 5.56 Å². The predicted octanol–water partition coefficient (Wildman–Crippen LogP) is 3.61. The molecule has 0 spiro atoms. The summed E-state index contributed by atoms with van der Waals surface area (Å²) in [5.74, 6) is 0.808. The molecule has 0 aliphatic carbocycles. The maximum absolute atomic E-state index is 12.9. The molecule has 4 aromatic rings. The van der Waals surface area contributed by atoms with E-state index in [1.807, 2.05) is 33.5 Å². The first-order valence-corrected chi connectivity index (χ1v) is 8.84. The van der Waals surface area contributed by atoms with E-state index in [9.17, 15) is 9.18 Å². The SMILES string of the molecule is O=c1ccc(-c2ccc(OC(F)P)cc2)nn1Cc1nc2ccccc2o1. The molecule has 0 N–H and O–H groups in total. The standard InChI is InChI=1S/C19H15FN3O3P/c20-19(27)25-13-7-5-12(6-8-13)14-9-10-18(24)23(22-14)11-17-21-15-3-1-2-4-16(15)26-17/h1-10,19H,11,27H2. The number of para-hydroxylation sites is 2. The van der Waals surface area contributed by atoms with Gasteiger partial charge in [-0.1, -0.05) is 21.4 Å². The molecule has 0 aliphatic rings. The van der Waals surface area contributed by atoms with Crippen LogP contribution in [0.2, 0.25) is 0 Å². The van der Waals surface area contributed by atoms with Crippen LogP contribution in [0.15, 0.2) is 69.9 Å².